The van der Waals surface area contributed by atoms with Crippen LogP contribution in [0.25, 0.3) is 0 Å². The summed E-state index contributed by atoms with van der Waals surface area (Å²) in [6, 6.07) is 0. The Labute approximate surface area is 104 Å². The van der Waals surface area contributed by atoms with E-state index in [1.54, 1.807) is 0 Å². The zero-order valence-electron chi connectivity index (χ0n) is 8.81. The maximum Gasteiger partial charge on any atom is 0.265 e. The first-order valence-electron chi connectivity index (χ1n) is 4.63. The number of alkyl halides is 3. The highest BCUT2D eigenvalue weighted by molar-refractivity contribution is 6.76. The van der Waals surface area contributed by atoms with Crippen LogP contribution in [0.15, 0.2) is 0 Å². The topological polar surface area (TPSA) is 45.6 Å². The van der Waals surface area contributed by atoms with Crippen molar-refractivity contribution in [3.63, 3.8) is 0 Å². The summed E-state index contributed by atoms with van der Waals surface area (Å²) in [5, 5.41) is 7.35. The van der Waals surface area contributed by atoms with Crippen molar-refractivity contribution in [3.05, 3.63) is 0 Å². The molecule has 0 radical (unpaired) electrons. The van der Waals surface area contributed by atoms with Gasteiger partial charge in [-0.15, -0.1) is 0 Å². The third-order valence-corrected chi connectivity index (χ3v) is 2.82. The van der Waals surface area contributed by atoms with Gasteiger partial charge >= 0.3 is 0 Å². The lowest BCUT2D eigenvalue weighted by Crippen LogP contribution is -2.28. The summed E-state index contributed by atoms with van der Waals surface area (Å²) in [4.78, 5) is 0. The van der Waals surface area contributed by atoms with Gasteiger partial charge in [0.1, 0.15) is 12.2 Å². The SMILES string of the molecule is CC(C)[C@@H]1O[C@@]1(C)COC(=N)C(Cl)(Cl)Cl. The molecule has 0 spiro atoms. The molecule has 0 unspecified atom stereocenters. The molecule has 0 bridgehead atoms. The number of hydrogen-bond donors (Lipinski definition) is 1. The summed E-state index contributed by atoms with van der Waals surface area (Å²) in [6.45, 7) is 6.29. The van der Waals surface area contributed by atoms with E-state index in [4.69, 9.17) is 49.7 Å². The third-order valence-electron chi connectivity index (χ3n) is 2.31. The van der Waals surface area contributed by atoms with Gasteiger partial charge in [0.25, 0.3) is 3.79 Å². The molecule has 1 saturated heterocycles. The van der Waals surface area contributed by atoms with Crippen LogP contribution in [0.5, 0.6) is 0 Å². The molecule has 1 N–H and O–H groups in total. The molecule has 1 aliphatic heterocycles. The fraction of sp³-hybridized carbons (Fsp3) is 0.889. The smallest absolute Gasteiger partial charge is 0.265 e. The monoisotopic (exact) mass is 273 g/mol. The molecule has 1 heterocycles. The molecule has 1 aliphatic rings. The molecule has 3 nitrogen and oxygen atoms in total. The molecular weight excluding hydrogens is 260 g/mol. The minimum absolute atomic E-state index is 0.153. The van der Waals surface area contributed by atoms with Crippen molar-refractivity contribution in [2.45, 2.75) is 36.3 Å². The second-order valence-corrected chi connectivity index (χ2v) is 6.49. The molecule has 0 saturated carbocycles. The largest absolute Gasteiger partial charge is 0.475 e. The van der Waals surface area contributed by atoms with Crippen LogP contribution in [0.3, 0.4) is 0 Å². The van der Waals surface area contributed by atoms with Gasteiger partial charge in [-0.1, -0.05) is 48.7 Å². The maximum absolute atomic E-state index is 7.35. The van der Waals surface area contributed by atoms with Crippen molar-refractivity contribution in [1.29, 1.82) is 5.41 Å². The van der Waals surface area contributed by atoms with Gasteiger partial charge in [-0.05, 0) is 12.8 Å². The Balaban J connectivity index is 2.37. The van der Waals surface area contributed by atoms with E-state index in [-0.39, 0.29) is 24.2 Å². The molecule has 6 heteroatoms. The molecule has 0 aromatic rings. The Kier molecular flexibility index (Phi) is 3.82. The molecule has 1 fully saturated rings. The number of hydrogen-bond acceptors (Lipinski definition) is 3. The minimum Gasteiger partial charge on any atom is -0.475 e. The summed E-state index contributed by atoms with van der Waals surface area (Å²) in [5.41, 5.74) is -0.351. The molecule has 0 aromatic carbocycles. The molecule has 15 heavy (non-hydrogen) atoms. The Morgan fingerprint density at radius 1 is 1.53 bits per heavy atom. The zero-order chi connectivity index (χ0) is 11.9. The van der Waals surface area contributed by atoms with Crippen molar-refractivity contribution in [2.75, 3.05) is 6.61 Å². The predicted octanol–water partition coefficient (Wildman–Crippen LogP) is 3.16. The van der Waals surface area contributed by atoms with E-state index in [0.29, 0.717) is 5.92 Å². The minimum atomic E-state index is -1.79. The van der Waals surface area contributed by atoms with E-state index in [2.05, 4.69) is 13.8 Å². The third kappa shape index (κ3) is 3.38. The van der Waals surface area contributed by atoms with Gasteiger partial charge in [-0.25, -0.2) is 0 Å². The van der Waals surface area contributed by atoms with Crippen LogP contribution in [0.1, 0.15) is 20.8 Å². The average molecular weight is 275 g/mol. The summed E-state index contributed by atoms with van der Waals surface area (Å²) in [5.74, 6) is 0.0484. The highest BCUT2D eigenvalue weighted by Crippen LogP contribution is 2.41. The summed E-state index contributed by atoms with van der Waals surface area (Å²) in [7, 11) is 0. The van der Waals surface area contributed by atoms with E-state index < -0.39 is 3.79 Å². The molecule has 2 atom stereocenters. The molecule has 1 rings (SSSR count). The lowest BCUT2D eigenvalue weighted by Gasteiger charge is -2.15. The first kappa shape index (κ1) is 13.4. The lowest BCUT2D eigenvalue weighted by molar-refractivity contribution is 0.188. The number of nitrogens with one attached hydrogen (secondary N) is 1. The van der Waals surface area contributed by atoms with Crippen LogP contribution in [0, 0.1) is 11.3 Å². The standard InChI is InChI=1S/C9H14Cl3NO2/c1-5(2)6-8(3,15-6)4-14-7(13)9(10,11)12/h5-6,13H,4H2,1-3H3/t6-,8-/m0/s1. The van der Waals surface area contributed by atoms with Gasteiger partial charge in [-0.2, -0.15) is 0 Å². The highest BCUT2D eigenvalue weighted by atomic mass is 35.6. The normalized spacial score (nSPS) is 30.5. The van der Waals surface area contributed by atoms with E-state index in [0.717, 1.165) is 0 Å². The lowest BCUT2D eigenvalue weighted by atomic mass is 10.00. The van der Waals surface area contributed by atoms with Gasteiger partial charge in [0.15, 0.2) is 0 Å². The van der Waals surface area contributed by atoms with Crippen LogP contribution in [-0.2, 0) is 9.47 Å². The van der Waals surface area contributed by atoms with Gasteiger partial charge in [0, 0.05) is 0 Å². The van der Waals surface area contributed by atoms with Crippen molar-refractivity contribution in [1.82, 2.24) is 0 Å². The quantitative estimate of drug-likeness (QED) is 0.372. The second-order valence-electron chi connectivity index (χ2n) is 4.21. The summed E-state index contributed by atoms with van der Waals surface area (Å²) < 4.78 is 8.76. The fourth-order valence-electron chi connectivity index (χ4n) is 1.51. The van der Waals surface area contributed by atoms with Crippen LogP contribution < -0.4 is 0 Å². The van der Waals surface area contributed by atoms with Crippen molar-refractivity contribution >= 4 is 40.7 Å². The van der Waals surface area contributed by atoms with Gasteiger partial charge in [-0.3, -0.25) is 5.41 Å². The molecule has 0 aromatic heterocycles. The van der Waals surface area contributed by atoms with E-state index in [9.17, 15) is 0 Å². The zero-order valence-corrected chi connectivity index (χ0v) is 11.1. The highest BCUT2D eigenvalue weighted by Gasteiger charge is 2.55. The van der Waals surface area contributed by atoms with Crippen LogP contribution in [0.2, 0.25) is 0 Å². The van der Waals surface area contributed by atoms with Crippen molar-refractivity contribution in [2.24, 2.45) is 5.92 Å². The Hall–Kier alpha value is 0.300. The molecule has 0 aliphatic carbocycles. The number of halogens is 3. The van der Waals surface area contributed by atoms with Crippen molar-refractivity contribution in [3.8, 4) is 0 Å². The van der Waals surface area contributed by atoms with Crippen molar-refractivity contribution < 1.29 is 9.47 Å². The Bertz CT molecular complexity index is 265. The van der Waals surface area contributed by atoms with E-state index in [1.165, 1.54) is 0 Å². The first-order valence-corrected chi connectivity index (χ1v) is 5.76. The van der Waals surface area contributed by atoms with Crippen LogP contribution in [0.4, 0.5) is 0 Å². The van der Waals surface area contributed by atoms with Crippen LogP contribution >= 0.6 is 34.8 Å². The summed E-state index contributed by atoms with van der Waals surface area (Å²) in [6.07, 6.45) is 0.153. The van der Waals surface area contributed by atoms with Gasteiger partial charge < -0.3 is 9.47 Å². The van der Waals surface area contributed by atoms with E-state index >= 15 is 0 Å². The number of epoxide rings is 1. The molecule has 88 valence electrons. The first-order chi connectivity index (χ1) is 6.67. The number of ether oxygens (including phenoxy) is 2. The summed E-state index contributed by atoms with van der Waals surface area (Å²) >= 11 is 16.4. The van der Waals surface area contributed by atoms with Gasteiger partial charge in [0.05, 0.1) is 6.10 Å². The Morgan fingerprint density at radius 3 is 2.40 bits per heavy atom. The predicted molar refractivity (Wildman–Crippen MR) is 62.1 cm³/mol. The number of rotatable bonds is 3. The van der Waals surface area contributed by atoms with Crippen LogP contribution in [-0.4, -0.2) is 28.0 Å². The molecular formula is C9H14Cl3NO2. The van der Waals surface area contributed by atoms with Gasteiger partial charge in [0.2, 0.25) is 5.90 Å². The average Bonchev–Trinajstić information content (AvgIpc) is 2.73. The Morgan fingerprint density at radius 2 is 2.07 bits per heavy atom. The van der Waals surface area contributed by atoms with E-state index in [1.807, 2.05) is 6.92 Å². The molecule has 0 amide bonds. The second kappa shape index (κ2) is 4.28. The maximum atomic E-state index is 7.35. The fourth-order valence-corrected chi connectivity index (χ4v) is 1.67.